The molecule has 0 N–H and O–H groups in total. The molecule has 2 aliphatic carbocycles. The van der Waals surface area contributed by atoms with E-state index < -0.39 is 0 Å². The molecule has 12 rings (SSSR count). The second-order valence-corrected chi connectivity index (χ2v) is 18.8. The molecule has 64 heavy (non-hydrogen) atoms. The molecule has 4 aliphatic heterocycles. The molecule has 2 saturated carbocycles. The Hall–Kier alpha value is -6.47. The fourth-order valence-corrected chi connectivity index (χ4v) is 12.4. The van der Waals surface area contributed by atoms with E-state index in [-0.39, 0.29) is 17.9 Å². The van der Waals surface area contributed by atoms with E-state index in [1.807, 2.05) is 24.5 Å². The highest BCUT2D eigenvalue weighted by atomic mass is 16.1. The number of hydrogen-bond acceptors (Lipinski definition) is 7. The third-order valence-electron chi connectivity index (χ3n) is 15.3. The topological polar surface area (TPSA) is 55.8 Å². The first-order valence-corrected chi connectivity index (χ1v) is 23.9. The van der Waals surface area contributed by atoms with Gasteiger partial charge in [0, 0.05) is 61.8 Å². The fraction of sp³-hybridized carbons (Fsp3) is 0.316. The second kappa shape index (κ2) is 16.6. The van der Waals surface area contributed by atoms with Gasteiger partial charge in [0.1, 0.15) is 11.6 Å². The first-order chi connectivity index (χ1) is 31.7. The van der Waals surface area contributed by atoms with Crippen molar-refractivity contribution >= 4 is 28.6 Å². The Bertz CT molecular complexity index is 2580. The number of aromatic nitrogens is 2. The maximum atomic E-state index is 17.2. The molecule has 2 unspecified atom stereocenters. The Morgan fingerprint density at radius 2 is 0.844 bits per heavy atom. The van der Waals surface area contributed by atoms with Crippen LogP contribution in [0.15, 0.2) is 157 Å². The van der Waals surface area contributed by atoms with Gasteiger partial charge in [-0.1, -0.05) is 135 Å². The Morgan fingerprint density at radius 3 is 1.27 bits per heavy atom. The second-order valence-electron chi connectivity index (χ2n) is 18.8. The molecule has 320 valence electrons. The molecule has 0 radical (unpaired) electrons. The molecule has 2 fully saturated rings. The van der Waals surface area contributed by atoms with Gasteiger partial charge in [-0.15, -0.1) is 0 Å². The van der Waals surface area contributed by atoms with E-state index in [0.717, 1.165) is 110 Å². The zero-order valence-electron chi connectivity index (χ0n) is 36.7. The lowest BCUT2D eigenvalue weighted by Crippen LogP contribution is -2.48. The van der Waals surface area contributed by atoms with Crippen LogP contribution in [0.5, 0.6) is 0 Å². The van der Waals surface area contributed by atoms with Gasteiger partial charge in [-0.3, -0.25) is 4.79 Å². The van der Waals surface area contributed by atoms with Crippen LogP contribution in [0.1, 0.15) is 108 Å². The van der Waals surface area contributed by atoms with E-state index in [1.165, 1.54) is 59.1 Å². The monoisotopic (exact) mass is 840 g/mol. The van der Waals surface area contributed by atoms with E-state index in [2.05, 4.69) is 141 Å². The lowest BCUT2D eigenvalue weighted by atomic mass is 9.79. The van der Waals surface area contributed by atoms with Crippen molar-refractivity contribution in [1.29, 1.82) is 0 Å². The molecule has 6 heterocycles. The molecule has 0 amide bonds. The van der Waals surface area contributed by atoms with Gasteiger partial charge in [0.15, 0.2) is 5.78 Å². The molecule has 0 spiro atoms. The average molecular weight is 841 g/mol. The highest BCUT2D eigenvalue weighted by Crippen LogP contribution is 2.54. The Balaban J connectivity index is 1.16. The number of hydrogen-bond donors (Lipinski definition) is 0. The number of rotatable bonds is 8. The molecule has 2 aromatic heterocycles. The van der Waals surface area contributed by atoms with Crippen LogP contribution < -0.4 is 9.80 Å². The molecule has 7 nitrogen and oxygen atoms in total. The molecule has 2 atom stereocenters. The summed E-state index contributed by atoms with van der Waals surface area (Å²) < 4.78 is 0. The van der Waals surface area contributed by atoms with Crippen LogP contribution in [0.3, 0.4) is 0 Å². The lowest BCUT2D eigenvalue weighted by Gasteiger charge is -2.49. The van der Waals surface area contributed by atoms with Crippen LogP contribution >= 0.6 is 0 Å². The van der Waals surface area contributed by atoms with Crippen molar-refractivity contribution in [3.8, 4) is 0 Å². The zero-order valence-corrected chi connectivity index (χ0v) is 36.7. The minimum Gasteiger partial charge on any atom is -0.368 e. The van der Waals surface area contributed by atoms with Gasteiger partial charge >= 0.3 is 0 Å². The fourth-order valence-electron chi connectivity index (χ4n) is 12.4. The van der Waals surface area contributed by atoms with E-state index in [1.54, 1.807) is 0 Å². The van der Waals surface area contributed by atoms with Crippen molar-refractivity contribution in [1.82, 2.24) is 19.8 Å². The van der Waals surface area contributed by atoms with Crippen LogP contribution in [-0.4, -0.2) is 50.7 Å². The minimum atomic E-state index is -0.196. The number of Topliss-reactive ketones (excluding diaryl/α,β-unsaturated/α-hetero) is 1. The van der Waals surface area contributed by atoms with Crippen LogP contribution in [-0.2, 0) is 30.7 Å². The summed E-state index contributed by atoms with van der Waals surface area (Å²) in [4.78, 5) is 38.2. The van der Waals surface area contributed by atoms with Crippen molar-refractivity contribution < 1.29 is 4.79 Å². The highest BCUT2D eigenvalue weighted by Gasteiger charge is 2.48. The lowest BCUT2D eigenvalue weighted by molar-refractivity contribution is -0.109. The summed E-state index contributed by atoms with van der Waals surface area (Å²) in [5.74, 6) is 1.93. The standard InChI is InChI=1S/C57H56N6O/c64-55(49-47-29-15-33-58-56(47)62(45-25-11-12-26-45)51(41-19-3-1-4-20-41)53(49)60-35-31-39-17-7-9-23-43(39)37-60)50-48-30-16-34-59-57(48)63(46-27-13-14-28-46)52(42-21-5-2-6-22-42)54(50)61-36-32-40-18-8-10-24-44(40)38-61/h1-10,15-24,29-30,33-34,45-46,51-52H,11-14,25-28,31-32,35-38H2. The maximum Gasteiger partial charge on any atom is 0.198 e. The largest absolute Gasteiger partial charge is 0.368 e. The number of allylic oxidation sites excluding steroid dienone is 2. The highest BCUT2D eigenvalue weighted by molar-refractivity contribution is 6.44. The molecule has 4 aromatic carbocycles. The predicted octanol–water partition coefficient (Wildman–Crippen LogP) is 11.3. The van der Waals surface area contributed by atoms with Crippen LogP contribution in [0.25, 0.3) is 11.1 Å². The van der Waals surface area contributed by atoms with Gasteiger partial charge < -0.3 is 19.6 Å². The van der Waals surface area contributed by atoms with E-state index in [4.69, 9.17) is 9.97 Å². The molecule has 0 saturated heterocycles. The van der Waals surface area contributed by atoms with Crippen molar-refractivity contribution in [2.24, 2.45) is 0 Å². The molecule has 6 aliphatic rings. The summed E-state index contributed by atoms with van der Waals surface area (Å²) >= 11 is 0. The van der Waals surface area contributed by atoms with Gasteiger partial charge in [-0.2, -0.15) is 0 Å². The van der Waals surface area contributed by atoms with Crippen LogP contribution in [0.2, 0.25) is 0 Å². The third kappa shape index (κ3) is 6.65. The number of ketones is 1. The van der Waals surface area contributed by atoms with Crippen molar-refractivity contribution in [3.05, 3.63) is 202 Å². The molecule has 6 aromatic rings. The summed E-state index contributed by atoms with van der Waals surface area (Å²) in [6.07, 6.45) is 15.0. The summed E-state index contributed by atoms with van der Waals surface area (Å²) in [5.41, 5.74) is 13.5. The zero-order chi connectivity index (χ0) is 42.6. The molecular weight excluding hydrogens is 785 g/mol. The smallest absolute Gasteiger partial charge is 0.198 e. The number of carbonyl (C=O) groups is 1. The maximum absolute atomic E-state index is 17.2. The third-order valence-corrected chi connectivity index (χ3v) is 15.3. The Labute approximate surface area is 377 Å². The molecule has 0 bridgehead atoms. The quantitative estimate of drug-likeness (QED) is 0.151. The summed E-state index contributed by atoms with van der Waals surface area (Å²) in [6, 6.07) is 48.5. The Kier molecular flexibility index (Phi) is 10.1. The molecular formula is C57H56N6O. The SMILES string of the molecule is O=C(C1=C(N2CCc3ccccc3C2)C(c2ccccc2)N(C2CCCC2)c2ncccc21)C1=C(N2CCc3ccccc3C2)C(c2ccccc2)N(C2CCCC2)c2ncccc21. The summed E-state index contributed by atoms with van der Waals surface area (Å²) in [7, 11) is 0. The van der Waals surface area contributed by atoms with Crippen LogP contribution in [0, 0.1) is 0 Å². The number of carbonyl (C=O) groups excluding carboxylic acids is 1. The predicted molar refractivity (Wildman–Crippen MR) is 256 cm³/mol. The summed E-state index contributed by atoms with van der Waals surface area (Å²) in [5, 5.41) is 0. The van der Waals surface area contributed by atoms with Gasteiger partial charge in [0.2, 0.25) is 0 Å². The van der Waals surface area contributed by atoms with E-state index in [9.17, 15) is 0 Å². The van der Waals surface area contributed by atoms with Gasteiger partial charge in [-0.25, -0.2) is 9.97 Å². The van der Waals surface area contributed by atoms with Gasteiger partial charge in [0.25, 0.3) is 0 Å². The van der Waals surface area contributed by atoms with Crippen molar-refractivity contribution in [2.45, 2.75) is 101 Å². The summed E-state index contributed by atoms with van der Waals surface area (Å²) in [6.45, 7) is 3.15. The minimum absolute atomic E-state index is 0.0743. The Morgan fingerprint density at radius 1 is 0.453 bits per heavy atom. The number of pyridine rings is 2. The average Bonchev–Trinajstić information content (AvgIpc) is 4.11. The van der Waals surface area contributed by atoms with Crippen LogP contribution in [0.4, 0.5) is 11.6 Å². The van der Waals surface area contributed by atoms with Gasteiger partial charge in [-0.05, 0) is 96.2 Å². The van der Waals surface area contributed by atoms with E-state index in [0.29, 0.717) is 12.1 Å². The normalized spacial score (nSPS) is 21.2. The van der Waals surface area contributed by atoms with E-state index >= 15 is 4.79 Å². The van der Waals surface area contributed by atoms with Gasteiger partial charge in [0.05, 0.1) is 34.6 Å². The van der Waals surface area contributed by atoms with Crippen molar-refractivity contribution in [3.63, 3.8) is 0 Å². The first-order valence-electron chi connectivity index (χ1n) is 23.9. The number of nitrogens with zero attached hydrogens (tertiary/aromatic N) is 6. The van der Waals surface area contributed by atoms with Crippen molar-refractivity contribution in [2.75, 3.05) is 22.9 Å². The number of anilines is 2. The first kappa shape index (κ1) is 39.1. The molecule has 7 heteroatoms. The number of fused-ring (bicyclic) bond motifs is 4. The number of benzene rings is 4.